The van der Waals surface area contributed by atoms with E-state index in [1.165, 1.54) is 36.5 Å². The number of rotatable bonds is 4. The second-order valence-corrected chi connectivity index (χ2v) is 5.95. The van der Waals surface area contributed by atoms with Gasteiger partial charge in [-0.2, -0.15) is 0 Å². The molecule has 2 N–H and O–H groups in total. The van der Waals surface area contributed by atoms with Crippen LogP contribution in [0.1, 0.15) is 32.0 Å². The van der Waals surface area contributed by atoms with Gasteiger partial charge in [0.15, 0.2) is 0 Å². The number of nitro groups is 1. The number of benzene rings is 1. The SMILES string of the molecule is CC(C)(C)O/N=C(/c1cccc([N+](=O)[O-])c1O)c1ncccc1O. The third kappa shape index (κ3) is 3.78. The van der Waals surface area contributed by atoms with Crippen LogP contribution in [-0.2, 0) is 4.84 Å². The molecule has 0 bridgehead atoms. The Labute approximate surface area is 138 Å². The number of phenols is 1. The molecule has 0 saturated heterocycles. The van der Waals surface area contributed by atoms with Crippen molar-refractivity contribution in [1.29, 1.82) is 0 Å². The van der Waals surface area contributed by atoms with Crippen LogP contribution in [0.3, 0.4) is 0 Å². The number of phenolic OH excluding ortho intramolecular Hbond substituents is 1. The summed E-state index contributed by atoms with van der Waals surface area (Å²) in [5, 5.41) is 35.2. The third-order valence-corrected chi connectivity index (χ3v) is 2.89. The molecule has 0 amide bonds. The number of oxime groups is 1. The lowest BCUT2D eigenvalue weighted by atomic mass is 10.0. The van der Waals surface area contributed by atoms with Crippen LogP contribution in [-0.4, -0.2) is 31.4 Å². The molecule has 2 rings (SSSR count). The lowest BCUT2D eigenvalue weighted by Crippen LogP contribution is -2.18. The normalized spacial score (nSPS) is 12.0. The van der Waals surface area contributed by atoms with Crippen LogP contribution in [0.4, 0.5) is 5.69 Å². The van der Waals surface area contributed by atoms with Gasteiger partial charge in [-0.15, -0.1) is 0 Å². The number of hydrogen-bond acceptors (Lipinski definition) is 7. The fourth-order valence-electron chi connectivity index (χ4n) is 1.85. The highest BCUT2D eigenvalue weighted by molar-refractivity contribution is 6.14. The number of hydrogen-bond donors (Lipinski definition) is 2. The van der Waals surface area contributed by atoms with Gasteiger partial charge < -0.3 is 15.1 Å². The van der Waals surface area contributed by atoms with Crippen molar-refractivity contribution in [2.75, 3.05) is 0 Å². The smallest absolute Gasteiger partial charge is 0.311 e. The molecule has 0 atom stereocenters. The van der Waals surface area contributed by atoms with E-state index in [9.17, 15) is 20.3 Å². The van der Waals surface area contributed by atoms with Crippen LogP contribution in [0.5, 0.6) is 11.5 Å². The summed E-state index contributed by atoms with van der Waals surface area (Å²) >= 11 is 0. The Morgan fingerprint density at radius 1 is 1.25 bits per heavy atom. The Balaban J connectivity index is 2.66. The first-order valence-corrected chi connectivity index (χ1v) is 7.08. The number of pyridine rings is 1. The van der Waals surface area contributed by atoms with E-state index in [0.29, 0.717) is 0 Å². The molecule has 126 valence electrons. The fraction of sp³-hybridized carbons (Fsp3) is 0.250. The summed E-state index contributed by atoms with van der Waals surface area (Å²) < 4.78 is 0. The summed E-state index contributed by atoms with van der Waals surface area (Å²) in [4.78, 5) is 19.7. The van der Waals surface area contributed by atoms with E-state index in [0.717, 1.165) is 0 Å². The quantitative estimate of drug-likeness (QED) is 0.505. The number of aromatic nitrogens is 1. The van der Waals surface area contributed by atoms with Crippen molar-refractivity contribution in [3.8, 4) is 11.5 Å². The first kappa shape index (κ1) is 17.2. The number of para-hydroxylation sites is 1. The average molecular weight is 331 g/mol. The second-order valence-electron chi connectivity index (χ2n) is 5.95. The zero-order chi connectivity index (χ0) is 17.9. The van der Waals surface area contributed by atoms with Crippen molar-refractivity contribution in [1.82, 2.24) is 4.98 Å². The second kappa shape index (κ2) is 6.53. The van der Waals surface area contributed by atoms with E-state index in [1.807, 2.05) is 0 Å². The first-order chi connectivity index (χ1) is 11.2. The number of nitrogens with zero attached hydrogens (tertiary/aromatic N) is 3. The van der Waals surface area contributed by atoms with Crippen LogP contribution >= 0.6 is 0 Å². The lowest BCUT2D eigenvalue weighted by Gasteiger charge is -2.17. The van der Waals surface area contributed by atoms with Crippen LogP contribution in [0.2, 0.25) is 0 Å². The highest BCUT2D eigenvalue weighted by atomic mass is 16.6. The van der Waals surface area contributed by atoms with E-state index in [-0.39, 0.29) is 22.7 Å². The molecule has 1 heterocycles. The molecule has 0 aliphatic carbocycles. The van der Waals surface area contributed by atoms with Crippen LogP contribution in [0.15, 0.2) is 41.7 Å². The van der Waals surface area contributed by atoms with E-state index in [2.05, 4.69) is 10.1 Å². The van der Waals surface area contributed by atoms with E-state index >= 15 is 0 Å². The Hall–Kier alpha value is -3.16. The standard InChI is InChI=1S/C16H17N3O5/c1-16(2,3)24-18-13(14-12(20)8-5-9-17-14)10-6-4-7-11(15(10)21)19(22)23/h4-9,20-21H,1-3H3/b18-13-. The largest absolute Gasteiger partial charge is 0.506 e. The van der Waals surface area contributed by atoms with Gasteiger partial charge >= 0.3 is 5.69 Å². The highest BCUT2D eigenvalue weighted by Gasteiger charge is 2.24. The topological polar surface area (TPSA) is 118 Å². The Morgan fingerprint density at radius 2 is 1.96 bits per heavy atom. The summed E-state index contributed by atoms with van der Waals surface area (Å²) in [5.74, 6) is -0.775. The highest BCUT2D eigenvalue weighted by Crippen LogP contribution is 2.32. The van der Waals surface area contributed by atoms with Crippen molar-refractivity contribution in [2.24, 2.45) is 5.16 Å². The fourth-order valence-corrected chi connectivity index (χ4v) is 1.85. The van der Waals surface area contributed by atoms with E-state index in [1.54, 1.807) is 20.8 Å². The van der Waals surface area contributed by atoms with Gasteiger partial charge in [-0.05, 0) is 39.0 Å². The molecule has 0 fully saturated rings. The molecular weight excluding hydrogens is 314 g/mol. The molecule has 24 heavy (non-hydrogen) atoms. The predicted molar refractivity (Wildman–Crippen MR) is 87.1 cm³/mol. The van der Waals surface area contributed by atoms with Crippen molar-refractivity contribution in [3.63, 3.8) is 0 Å². The van der Waals surface area contributed by atoms with Crippen LogP contribution in [0.25, 0.3) is 0 Å². The number of nitro benzene ring substituents is 1. The molecule has 8 heteroatoms. The maximum atomic E-state index is 11.0. The first-order valence-electron chi connectivity index (χ1n) is 7.08. The maximum Gasteiger partial charge on any atom is 0.311 e. The molecule has 1 aromatic carbocycles. The van der Waals surface area contributed by atoms with Gasteiger partial charge in [0.25, 0.3) is 0 Å². The molecule has 0 saturated carbocycles. The predicted octanol–water partition coefficient (Wildman–Crippen LogP) is 2.97. The molecular formula is C16H17N3O5. The molecule has 1 aromatic heterocycles. The van der Waals surface area contributed by atoms with E-state index < -0.39 is 22.0 Å². The van der Waals surface area contributed by atoms with Gasteiger partial charge in [-0.3, -0.25) is 15.1 Å². The van der Waals surface area contributed by atoms with Crippen LogP contribution < -0.4 is 0 Å². The Kier molecular flexibility index (Phi) is 4.68. The average Bonchev–Trinajstić information content (AvgIpc) is 2.49. The number of aromatic hydroxyl groups is 2. The van der Waals surface area contributed by atoms with Gasteiger partial charge in [0.1, 0.15) is 22.8 Å². The minimum Gasteiger partial charge on any atom is -0.506 e. The molecule has 2 aromatic rings. The van der Waals surface area contributed by atoms with E-state index in [4.69, 9.17) is 4.84 Å². The molecule has 0 aliphatic rings. The minimum atomic E-state index is -0.709. The van der Waals surface area contributed by atoms with Gasteiger partial charge in [0, 0.05) is 12.3 Å². The van der Waals surface area contributed by atoms with Crippen LogP contribution in [0, 0.1) is 10.1 Å². The van der Waals surface area contributed by atoms with Gasteiger partial charge in [-0.1, -0.05) is 11.2 Å². The molecule has 0 radical (unpaired) electrons. The third-order valence-electron chi connectivity index (χ3n) is 2.89. The minimum absolute atomic E-state index is 0.00998. The lowest BCUT2D eigenvalue weighted by molar-refractivity contribution is -0.385. The summed E-state index contributed by atoms with van der Waals surface area (Å²) in [6.07, 6.45) is 1.43. The van der Waals surface area contributed by atoms with Crippen molar-refractivity contribution in [2.45, 2.75) is 26.4 Å². The Bertz CT molecular complexity index is 797. The van der Waals surface area contributed by atoms with Crippen molar-refractivity contribution < 1.29 is 20.0 Å². The van der Waals surface area contributed by atoms with Gasteiger partial charge in [0.05, 0.1) is 10.5 Å². The van der Waals surface area contributed by atoms with Gasteiger partial charge in [0.2, 0.25) is 5.75 Å². The zero-order valence-corrected chi connectivity index (χ0v) is 13.4. The zero-order valence-electron chi connectivity index (χ0n) is 13.4. The molecule has 0 unspecified atom stereocenters. The molecule has 8 nitrogen and oxygen atoms in total. The summed E-state index contributed by atoms with van der Waals surface area (Å²) in [7, 11) is 0. The van der Waals surface area contributed by atoms with Crippen molar-refractivity contribution >= 4 is 11.4 Å². The Morgan fingerprint density at radius 3 is 2.54 bits per heavy atom. The molecule has 0 aliphatic heterocycles. The summed E-state index contributed by atoms with van der Waals surface area (Å²) in [6.45, 7) is 5.29. The van der Waals surface area contributed by atoms with Gasteiger partial charge in [-0.25, -0.2) is 0 Å². The monoisotopic (exact) mass is 331 g/mol. The van der Waals surface area contributed by atoms with Crippen molar-refractivity contribution in [3.05, 3.63) is 57.9 Å². The summed E-state index contributed by atoms with van der Waals surface area (Å²) in [5.41, 5.74) is -1.07. The summed E-state index contributed by atoms with van der Waals surface area (Å²) in [6, 6.07) is 6.91. The maximum absolute atomic E-state index is 11.0. The molecule has 0 spiro atoms.